The highest BCUT2D eigenvalue weighted by Crippen LogP contribution is 2.33. The topological polar surface area (TPSA) is 9.23 Å². The zero-order chi connectivity index (χ0) is 15.2. The molecular weight excluding hydrogens is 264 g/mol. The highest BCUT2D eigenvalue weighted by Gasteiger charge is 2.28. The summed E-state index contributed by atoms with van der Waals surface area (Å²) < 4.78 is 6.21. The van der Waals surface area contributed by atoms with E-state index in [0.29, 0.717) is 0 Å². The summed E-state index contributed by atoms with van der Waals surface area (Å²) in [6.45, 7) is 11.7. The first kappa shape index (κ1) is 17.4. The van der Waals surface area contributed by atoms with Crippen LogP contribution in [-0.4, -0.2) is 12.4 Å². The average Bonchev–Trinajstić information content (AvgIpc) is 2.41. The van der Waals surface area contributed by atoms with Gasteiger partial charge in [-0.25, -0.2) is 0 Å². The summed E-state index contributed by atoms with van der Waals surface area (Å²) in [6.07, 6.45) is 4.76. The van der Waals surface area contributed by atoms with Gasteiger partial charge in [0.25, 0.3) is 0 Å². The molecule has 1 aromatic rings. The number of ether oxygens (including phenoxy) is 1. The summed E-state index contributed by atoms with van der Waals surface area (Å²) in [5.74, 6) is 1.94. The first-order chi connectivity index (χ1) is 9.48. The number of hydrogen-bond acceptors (Lipinski definition) is 2. The lowest BCUT2D eigenvalue weighted by molar-refractivity contribution is 0.143. The molecule has 0 heterocycles. The Bertz CT molecular complexity index is 420. The molecule has 0 N–H and O–H groups in total. The second-order valence-electron chi connectivity index (χ2n) is 6.15. The Labute approximate surface area is 130 Å². The molecule has 0 saturated carbocycles. The molecule has 0 spiro atoms. The van der Waals surface area contributed by atoms with Crippen molar-refractivity contribution in [1.29, 1.82) is 0 Å². The molecule has 0 bridgehead atoms. The minimum Gasteiger partial charge on any atom is -0.493 e. The van der Waals surface area contributed by atoms with Crippen LogP contribution in [0.4, 0.5) is 0 Å². The maximum atomic E-state index is 6.21. The lowest BCUT2D eigenvalue weighted by Gasteiger charge is -2.32. The third-order valence-electron chi connectivity index (χ3n) is 4.19. The van der Waals surface area contributed by atoms with Gasteiger partial charge in [0.1, 0.15) is 5.75 Å². The van der Waals surface area contributed by atoms with Crippen molar-refractivity contribution in [3.8, 4) is 5.75 Å². The van der Waals surface area contributed by atoms with Gasteiger partial charge in [0, 0.05) is 5.41 Å². The highest BCUT2D eigenvalue weighted by atomic mass is 32.1. The van der Waals surface area contributed by atoms with Crippen molar-refractivity contribution in [2.45, 2.75) is 60.3 Å². The zero-order valence-electron chi connectivity index (χ0n) is 13.8. The molecule has 0 aliphatic carbocycles. The third kappa shape index (κ3) is 4.44. The van der Waals surface area contributed by atoms with E-state index in [9.17, 15) is 0 Å². The van der Waals surface area contributed by atoms with Crippen LogP contribution in [0.15, 0.2) is 12.1 Å². The molecule has 0 unspecified atom stereocenters. The molecule has 0 aromatic heterocycles. The minimum absolute atomic E-state index is 0.219. The smallest absolute Gasteiger partial charge is 0.122 e. The molecule has 1 aromatic carbocycles. The van der Waals surface area contributed by atoms with Crippen LogP contribution in [0.2, 0.25) is 0 Å². The first-order valence-electron chi connectivity index (χ1n) is 7.79. The second kappa shape index (κ2) is 7.97. The standard InChI is InChI=1S/C18H30OS/c1-6-8-18(13-20,9-7-2)12-19-17-11-14(3)10-15(4)16(17)5/h10-11,20H,6-9,12-13H2,1-5H3. The molecule has 114 valence electrons. The Kier molecular flexibility index (Phi) is 6.94. The molecule has 2 heteroatoms. The number of thiol groups is 1. The summed E-state index contributed by atoms with van der Waals surface area (Å²) >= 11 is 4.60. The Balaban J connectivity index is 2.87. The molecule has 0 aliphatic rings. The molecule has 1 rings (SSSR count). The van der Waals surface area contributed by atoms with E-state index >= 15 is 0 Å². The molecule has 0 amide bonds. The van der Waals surface area contributed by atoms with Gasteiger partial charge in [-0.1, -0.05) is 32.8 Å². The highest BCUT2D eigenvalue weighted by molar-refractivity contribution is 7.80. The number of benzene rings is 1. The van der Waals surface area contributed by atoms with Gasteiger partial charge in [-0.05, 0) is 62.1 Å². The predicted octanol–water partition coefficient (Wildman–Crippen LogP) is 5.51. The van der Waals surface area contributed by atoms with Crippen LogP contribution in [0.25, 0.3) is 0 Å². The van der Waals surface area contributed by atoms with E-state index in [-0.39, 0.29) is 5.41 Å². The van der Waals surface area contributed by atoms with E-state index in [1.807, 2.05) is 0 Å². The van der Waals surface area contributed by atoms with Gasteiger partial charge in [0.05, 0.1) is 6.61 Å². The molecule has 0 aliphatic heterocycles. The van der Waals surface area contributed by atoms with Gasteiger partial charge in [-0.3, -0.25) is 0 Å². The summed E-state index contributed by atoms with van der Waals surface area (Å²) in [7, 11) is 0. The van der Waals surface area contributed by atoms with Gasteiger partial charge in [0.15, 0.2) is 0 Å². The van der Waals surface area contributed by atoms with Crippen molar-refractivity contribution >= 4 is 12.6 Å². The fourth-order valence-electron chi connectivity index (χ4n) is 2.92. The summed E-state index contributed by atoms with van der Waals surface area (Å²) in [5, 5.41) is 0. The number of aryl methyl sites for hydroxylation is 2. The Morgan fingerprint density at radius 2 is 1.65 bits per heavy atom. The number of hydrogen-bond donors (Lipinski definition) is 1. The van der Waals surface area contributed by atoms with Crippen molar-refractivity contribution in [3.05, 3.63) is 28.8 Å². The van der Waals surface area contributed by atoms with Crippen LogP contribution in [0.1, 0.15) is 56.2 Å². The van der Waals surface area contributed by atoms with Crippen LogP contribution < -0.4 is 4.74 Å². The van der Waals surface area contributed by atoms with Crippen LogP contribution in [-0.2, 0) is 0 Å². The van der Waals surface area contributed by atoms with Crippen molar-refractivity contribution in [1.82, 2.24) is 0 Å². The molecule has 0 radical (unpaired) electrons. The van der Waals surface area contributed by atoms with Crippen molar-refractivity contribution in [2.75, 3.05) is 12.4 Å². The van der Waals surface area contributed by atoms with Gasteiger partial charge in [0.2, 0.25) is 0 Å². The molecule has 0 saturated heterocycles. The van der Waals surface area contributed by atoms with Crippen LogP contribution in [0.3, 0.4) is 0 Å². The molecule has 0 atom stereocenters. The fourth-order valence-corrected chi connectivity index (χ4v) is 3.32. The Morgan fingerprint density at radius 3 is 2.15 bits per heavy atom. The normalized spacial score (nSPS) is 11.7. The monoisotopic (exact) mass is 294 g/mol. The fraction of sp³-hybridized carbons (Fsp3) is 0.667. The van der Waals surface area contributed by atoms with Crippen molar-refractivity contribution in [2.24, 2.45) is 5.41 Å². The molecule has 20 heavy (non-hydrogen) atoms. The first-order valence-corrected chi connectivity index (χ1v) is 8.42. The summed E-state index contributed by atoms with van der Waals surface area (Å²) in [5.41, 5.74) is 4.06. The van der Waals surface area contributed by atoms with Crippen molar-refractivity contribution < 1.29 is 4.74 Å². The van der Waals surface area contributed by atoms with E-state index in [1.165, 1.54) is 42.4 Å². The summed E-state index contributed by atoms with van der Waals surface area (Å²) in [4.78, 5) is 0. The van der Waals surface area contributed by atoms with Gasteiger partial charge in [-0.2, -0.15) is 12.6 Å². The lowest BCUT2D eigenvalue weighted by atomic mass is 9.82. The van der Waals surface area contributed by atoms with Gasteiger partial charge < -0.3 is 4.74 Å². The molecule has 1 nitrogen and oxygen atoms in total. The lowest BCUT2D eigenvalue weighted by Crippen LogP contribution is -2.30. The van der Waals surface area contributed by atoms with Crippen molar-refractivity contribution in [3.63, 3.8) is 0 Å². The van der Waals surface area contributed by atoms with E-state index in [1.54, 1.807) is 0 Å². The Hall–Kier alpha value is -0.630. The number of rotatable bonds is 8. The largest absolute Gasteiger partial charge is 0.493 e. The van der Waals surface area contributed by atoms with Gasteiger partial charge >= 0.3 is 0 Å². The van der Waals surface area contributed by atoms with Crippen LogP contribution in [0.5, 0.6) is 5.75 Å². The average molecular weight is 295 g/mol. The maximum absolute atomic E-state index is 6.21. The zero-order valence-corrected chi connectivity index (χ0v) is 14.6. The third-order valence-corrected chi connectivity index (χ3v) is 4.86. The maximum Gasteiger partial charge on any atom is 0.122 e. The van der Waals surface area contributed by atoms with Gasteiger partial charge in [-0.15, -0.1) is 0 Å². The van der Waals surface area contributed by atoms with E-state index in [2.05, 4.69) is 59.4 Å². The quantitative estimate of drug-likeness (QED) is 0.622. The van der Waals surface area contributed by atoms with E-state index in [0.717, 1.165) is 18.1 Å². The second-order valence-corrected chi connectivity index (χ2v) is 6.47. The Morgan fingerprint density at radius 1 is 1.05 bits per heavy atom. The van der Waals surface area contributed by atoms with E-state index in [4.69, 9.17) is 4.74 Å². The SMILES string of the molecule is CCCC(CS)(CCC)COc1cc(C)cc(C)c1C. The predicted molar refractivity (Wildman–Crippen MR) is 92.3 cm³/mol. The van der Waals surface area contributed by atoms with E-state index < -0.39 is 0 Å². The minimum atomic E-state index is 0.219. The summed E-state index contributed by atoms with van der Waals surface area (Å²) in [6, 6.07) is 4.37. The molecule has 0 fully saturated rings. The molecular formula is C18H30OS. The van der Waals surface area contributed by atoms with Crippen LogP contribution >= 0.6 is 12.6 Å². The van der Waals surface area contributed by atoms with Crippen LogP contribution in [0, 0.1) is 26.2 Å².